The molecule has 1 saturated heterocycles. The van der Waals surface area contributed by atoms with E-state index in [0.717, 1.165) is 55.0 Å². The first-order valence-corrected chi connectivity index (χ1v) is 13.4. The number of carbonyl (C=O) groups excluding carboxylic acids is 1. The number of aromatic nitrogens is 2. The Balaban J connectivity index is 1.72. The Bertz CT molecular complexity index is 1220. The van der Waals surface area contributed by atoms with Crippen molar-refractivity contribution in [2.24, 2.45) is 11.8 Å². The largest absolute Gasteiger partial charge is 0.352 e. The van der Waals surface area contributed by atoms with Gasteiger partial charge in [0.15, 0.2) is 6.29 Å². The molecule has 0 spiro atoms. The molecule has 3 heterocycles. The number of ether oxygens (including phenoxy) is 2. The first-order valence-electron chi connectivity index (χ1n) is 13.4. The van der Waals surface area contributed by atoms with Crippen LogP contribution in [0.3, 0.4) is 0 Å². The van der Waals surface area contributed by atoms with Gasteiger partial charge in [0.2, 0.25) is 0 Å². The van der Waals surface area contributed by atoms with E-state index in [1.165, 1.54) is 0 Å². The Hall–Kier alpha value is -3.21. The third-order valence-corrected chi connectivity index (χ3v) is 6.75. The number of carbonyl (C=O) groups is 1. The molecule has 4 rings (SSSR count). The van der Waals surface area contributed by atoms with Gasteiger partial charge < -0.3 is 18.8 Å². The van der Waals surface area contributed by atoms with Crippen molar-refractivity contribution in [2.75, 3.05) is 26.3 Å². The van der Waals surface area contributed by atoms with Crippen molar-refractivity contribution in [2.45, 2.75) is 59.7 Å². The zero-order valence-corrected chi connectivity index (χ0v) is 22.4. The van der Waals surface area contributed by atoms with E-state index in [1.54, 1.807) is 12.1 Å². The molecule has 3 aromatic rings. The first-order chi connectivity index (χ1) is 17.9. The summed E-state index contributed by atoms with van der Waals surface area (Å²) in [7, 11) is 0. The van der Waals surface area contributed by atoms with Gasteiger partial charge in [-0.1, -0.05) is 39.8 Å². The van der Waals surface area contributed by atoms with Crippen molar-refractivity contribution < 1.29 is 14.3 Å². The lowest BCUT2D eigenvalue weighted by Crippen LogP contribution is -2.34. The number of pyridine rings is 1. The van der Waals surface area contributed by atoms with Crippen molar-refractivity contribution in [1.82, 2.24) is 14.3 Å². The van der Waals surface area contributed by atoms with Crippen LogP contribution in [0, 0.1) is 23.2 Å². The molecule has 0 radical (unpaired) electrons. The molecule has 0 atom stereocenters. The van der Waals surface area contributed by atoms with Crippen LogP contribution >= 0.6 is 0 Å². The molecular formula is C30H38N4O3. The van der Waals surface area contributed by atoms with Crippen LogP contribution in [0.5, 0.6) is 0 Å². The summed E-state index contributed by atoms with van der Waals surface area (Å²) in [4.78, 5) is 20.6. The fourth-order valence-electron chi connectivity index (χ4n) is 4.49. The Morgan fingerprint density at radius 3 is 2.30 bits per heavy atom. The third-order valence-electron chi connectivity index (χ3n) is 6.75. The Kier molecular flexibility index (Phi) is 8.96. The highest BCUT2D eigenvalue weighted by Gasteiger charge is 2.23. The molecule has 0 N–H and O–H groups in total. The second-order valence-corrected chi connectivity index (χ2v) is 10.6. The quantitative estimate of drug-likeness (QED) is 0.355. The van der Waals surface area contributed by atoms with Crippen LogP contribution in [0.1, 0.15) is 68.6 Å². The maximum absolute atomic E-state index is 13.7. The second-order valence-electron chi connectivity index (χ2n) is 10.6. The molecule has 1 aliphatic heterocycles. The average molecular weight is 503 g/mol. The van der Waals surface area contributed by atoms with Gasteiger partial charge in [-0.2, -0.15) is 5.26 Å². The highest BCUT2D eigenvalue weighted by Crippen LogP contribution is 2.28. The number of fused-ring (bicyclic) bond motifs is 1. The van der Waals surface area contributed by atoms with Crippen LogP contribution < -0.4 is 0 Å². The summed E-state index contributed by atoms with van der Waals surface area (Å²) < 4.78 is 13.7. The molecule has 1 amide bonds. The van der Waals surface area contributed by atoms with E-state index in [0.29, 0.717) is 42.6 Å². The van der Waals surface area contributed by atoms with E-state index in [2.05, 4.69) is 33.8 Å². The smallest absolute Gasteiger partial charge is 0.255 e. The topological polar surface area (TPSA) is 79.9 Å². The highest BCUT2D eigenvalue weighted by molar-refractivity contribution is 5.94. The lowest BCUT2D eigenvalue weighted by Gasteiger charge is -2.25. The molecule has 7 heteroatoms. The number of nitrogens with zero attached hydrogens (tertiary/aromatic N) is 4. The number of hydrogen-bond acceptors (Lipinski definition) is 5. The van der Waals surface area contributed by atoms with Crippen LogP contribution in [0.2, 0.25) is 0 Å². The zero-order valence-electron chi connectivity index (χ0n) is 22.4. The number of benzene rings is 1. The van der Waals surface area contributed by atoms with E-state index in [-0.39, 0.29) is 12.2 Å². The van der Waals surface area contributed by atoms with Crippen molar-refractivity contribution >= 4 is 11.6 Å². The zero-order chi connectivity index (χ0) is 26.4. The lowest BCUT2D eigenvalue weighted by atomic mass is 10.1. The van der Waals surface area contributed by atoms with Gasteiger partial charge in [-0.25, -0.2) is 4.98 Å². The van der Waals surface area contributed by atoms with Gasteiger partial charge in [0.25, 0.3) is 5.91 Å². The van der Waals surface area contributed by atoms with E-state index in [9.17, 15) is 10.1 Å². The minimum absolute atomic E-state index is 0.0490. The molecule has 37 heavy (non-hydrogen) atoms. The maximum atomic E-state index is 13.7. The first kappa shape index (κ1) is 26.8. The van der Waals surface area contributed by atoms with Crippen molar-refractivity contribution in [1.29, 1.82) is 5.26 Å². The Morgan fingerprint density at radius 1 is 1.05 bits per heavy atom. The molecule has 196 valence electrons. The third kappa shape index (κ3) is 6.76. The van der Waals surface area contributed by atoms with Gasteiger partial charge in [0.05, 0.1) is 41.8 Å². The van der Waals surface area contributed by atoms with Gasteiger partial charge in [0.1, 0.15) is 5.65 Å². The van der Waals surface area contributed by atoms with Gasteiger partial charge >= 0.3 is 0 Å². The van der Waals surface area contributed by atoms with E-state index in [1.807, 2.05) is 39.8 Å². The lowest BCUT2D eigenvalue weighted by molar-refractivity contribution is -0.177. The molecule has 0 bridgehead atoms. The maximum Gasteiger partial charge on any atom is 0.255 e. The van der Waals surface area contributed by atoms with E-state index < -0.39 is 0 Å². The van der Waals surface area contributed by atoms with Crippen LogP contribution in [0.15, 0.2) is 42.6 Å². The van der Waals surface area contributed by atoms with Gasteiger partial charge in [-0.05, 0) is 55.4 Å². The summed E-state index contributed by atoms with van der Waals surface area (Å²) in [5, 5.41) is 9.21. The Labute approximate surface area is 220 Å². The SMILES string of the molecule is CC(C)CCN(CCC(C)C)C(=O)c1ccc2nc(-c3ccc(C#N)cc3)c(CC3OCCCO3)n2c1. The number of rotatable bonds is 10. The predicted molar refractivity (Wildman–Crippen MR) is 144 cm³/mol. The van der Waals surface area contributed by atoms with Gasteiger partial charge in [-0.3, -0.25) is 4.79 Å². The van der Waals surface area contributed by atoms with E-state index >= 15 is 0 Å². The monoisotopic (exact) mass is 502 g/mol. The fourth-order valence-corrected chi connectivity index (χ4v) is 4.49. The number of hydrogen-bond donors (Lipinski definition) is 0. The van der Waals surface area contributed by atoms with Crippen molar-refractivity contribution in [3.05, 3.63) is 59.4 Å². The molecule has 7 nitrogen and oxygen atoms in total. The van der Waals surface area contributed by atoms with Crippen LogP contribution in [0.4, 0.5) is 0 Å². The molecule has 1 fully saturated rings. The fraction of sp³-hybridized carbons (Fsp3) is 0.500. The van der Waals surface area contributed by atoms with Crippen molar-refractivity contribution in [3.63, 3.8) is 0 Å². The standard InChI is InChI=1S/C30H38N4O3/c1-21(2)12-14-33(15-13-22(3)4)30(35)25-10-11-27-32-29(24-8-6-23(19-31)7-9-24)26(34(27)20-25)18-28-36-16-5-17-37-28/h6-11,20-22,28H,5,12-18H2,1-4H3. The summed E-state index contributed by atoms with van der Waals surface area (Å²) in [5.41, 5.74) is 4.66. The summed E-state index contributed by atoms with van der Waals surface area (Å²) in [6, 6.07) is 13.4. The second kappa shape index (κ2) is 12.4. The van der Waals surface area contributed by atoms with E-state index in [4.69, 9.17) is 14.5 Å². The average Bonchev–Trinajstić information content (AvgIpc) is 3.26. The van der Waals surface area contributed by atoms with Crippen molar-refractivity contribution in [3.8, 4) is 17.3 Å². The molecule has 2 aromatic heterocycles. The summed E-state index contributed by atoms with van der Waals surface area (Å²) in [6.07, 6.45) is 4.89. The van der Waals surface area contributed by atoms with Crippen LogP contribution in [0.25, 0.3) is 16.9 Å². The van der Waals surface area contributed by atoms with Crippen LogP contribution in [-0.2, 0) is 15.9 Å². The normalized spacial score (nSPS) is 14.4. The molecule has 0 saturated carbocycles. The predicted octanol–water partition coefficient (Wildman–Crippen LogP) is 5.71. The molecular weight excluding hydrogens is 464 g/mol. The molecule has 0 aliphatic carbocycles. The minimum Gasteiger partial charge on any atom is -0.352 e. The number of nitriles is 1. The van der Waals surface area contributed by atoms with Gasteiger partial charge in [-0.15, -0.1) is 0 Å². The van der Waals surface area contributed by atoms with Crippen LogP contribution in [-0.4, -0.2) is 52.8 Å². The molecule has 0 unspecified atom stereocenters. The molecule has 1 aromatic carbocycles. The number of imidazole rings is 1. The summed E-state index contributed by atoms with van der Waals surface area (Å²) >= 11 is 0. The summed E-state index contributed by atoms with van der Waals surface area (Å²) in [5.74, 6) is 1.11. The molecule has 1 aliphatic rings. The number of amides is 1. The van der Waals surface area contributed by atoms with Gasteiger partial charge in [0, 0.05) is 31.3 Å². The minimum atomic E-state index is -0.362. The summed E-state index contributed by atoms with van der Waals surface area (Å²) in [6.45, 7) is 11.6. The highest BCUT2D eigenvalue weighted by atomic mass is 16.7. The Morgan fingerprint density at radius 2 is 1.70 bits per heavy atom.